The van der Waals surface area contributed by atoms with Crippen molar-refractivity contribution in [1.82, 2.24) is 0 Å². The second-order valence-corrected chi connectivity index (χ2v) is 6.35. The number of ether oxygens (including phenoxy) is 1. The van der Waals surface area contributed by atoms with Crippen LogP contribution in [0, 0.1) is 0 Å². The summed E-state index contributed by atoms with van der Waals surface area (Å²) in [4.78, 5) is 0. The predicted molar refractivity (Wildman–Crippen MR) is 107 cm³/mol. The predicted octanol–water partition coefficient (Wildman–Crippen LogP) is 3.60. The van der Waals surface area contributed by atoms with E-state index >= 15 is 0 Å². The molecule has 0 saturated carbocycles. The van der Waals surface area contributed by atoms with E-state index in [0.29, 0.717) is 5.75 Å². The van der Waals surface area contributed by atoms with E-state index < -0.39 is 7.12 Å². The minimum absolute atomic E-state index is 0.0322. The molecule has 4 nitrogen and oxygen atoms in total. The topological polar surface area (TPSA) is 61.7 Å². The molecule has 0 bridgehead atoms. The molecule has 126 valence electrons. The number of hydrogen-bond donors (Lipinski definition) is 3. The van der Waals surface area contributed by atoms with Gasteiger partial charge >= 0.3 is 7.12 Å². The minimum atomic E-state index is -1.72. The molecule has 0 aliphatic carbocycles. The Hall–Kier alpha value is -1.83. The molecular weight excluding hydrogens is 380 g/mol. The fourth-order valence-corrected chi connectivity index (χ4v) is 3.15. The Kier molecular flexibility index (Phi) is 5.46. The number of hydrogen-bond acceptors (Lipinski definition) is 4. The van der Waals surface area contributed by atoms with Gasteiger partial charge in [0.1, 0.15) is 5.75 Å². The van der Waals surface area contributed by atoms with Crippen LogP contribution in [0.5, 0.6) is 5.75 Å². The van der Waals surface area contributed by atoms with Crippen molar-refractivity contribution in [2.75, 3.05) is 5.32 Å². The molecule has 0 heterocycles. The van der Waals surface area contributed by atoms with E-state index in [0.717, 1.165) is 10.8 Å². The van der Waals surface area contributed by atoms with Crippen LogP contribution in [0.3, 0.4) is 0 Å². The average molecular weight is 392 g/mol. The molecule has 3 N–H and O–H groups in total. The molecule has 25 heavy (non-hydrogen) atoms. The van der Waals surface area contributed by atoms with Gasteiger partial charge in [-0.05, 0) is 29.7 Å². The zero-order valence-electron chi connectivity index (χ0n) is 12.7. The monoisotopic (exact) mass is 391 g/mol. The van der Waals surface area contributed by atoms with E-state index in [4.69, 9.17) is 40.2 Å². The summed E-state index contributed by atoms with van der Waals surface area (Å²) in [5.41, 5.74) is 0.362. The van der Waals surface area contributed by atoms with E-state index in [1.807, 2.05) is 36.4 Å². The molecule has 8 heteroatoms. The van der Waals surface area contributed by atoms with Crippen molar-refractivity contribution in [3.63, 3.8) is 0 Å². The third-order valence-electron chi connectivity index (χ3n) is 3.58. The Morgan fingerprint density at radius 2 is 1.72 bits per heavy atom. The van der Waals surface area contributed by atoms with Gasteiger partial charge in [-0.2, -0.15) is 0 Å². The summed E-state index contributed by atoms with van der Waals surface area (Å²) in [7, 11) is -1.72. The number of nitrogens with one attached hydrogen (secondary N) is 1. The molecule has 0 aromatic heterocycles. The van der Waals surface area contributed by atoms with Crippen molar-refractivity contribution >= 4 is 69.6 Å². The third kappa shape index (κ3) is 3.89. The highest BCUT2D eigenvalue weighted by Crippen LogP contribution is 2.30. The largest absolute Gasteiger partial charge is 0.490 e. The van der Waals surface area contributed by atoms with Crippen LogP contribution in [0.1, 0.15) is 0 Å². The Morgan fingerprint density at radius 3 is 2.48 bits per heavy atom. The summed E-state index contributed by atoms with van der Waals surface area (Å²) in [6, 6.07) is 16.3. The highest BCUT2D eigenvalue weighted by molar-refractivity contribution is 7.80. The number of anilines is 1. The van der Waals surface area contributed by atoms with Crippen LogP contribution in [0.15, 0.2) is 54.6 Å². The Bertz CT molecular complexity index is 947. The molecule has 0 atom stereocenters. The molecule has 3 aromatic carbocycles. The van der Waals surface area contributed by atoms with Gasteiger partial charge in [0.2, 0.25) is 0 Å². The van der Waals surface area contributed by atoms with Crippen molar-refractivity contribution in [2.45, 2.75) is 0 Å². The van der Waals surface area contributed by atoms with Crippen molar-refractivity contribution in [3.8, 4) is 5.75 Å². The van der Waals surface area contributed by atoms with Crippen LogP contribution < -0.4 is 15.5 Å². The fraction of sp³-hybridized carbons (Fsp3) is 0. The van der Waals surface area contributed by atoms with Crippen molar-refractivity contribution in [2.24, 2.45) is 0 Å². The van der Waals surface area contributed by atoms with Gasteiger partial charge in [0.25, 0.3) is 5.17 Å². The number of halogens is 2. The van der Waals surface area contributed by atoms with Gasteiger partial charge in [0, 0.05) is 10.8 Å². The molecule has 0 aliphatic heterocycles. The van der Waals surface area contributed by atoms with Gasteiger partial charge in [-0.15, -0.1) is 0 Å². The van der Waals surface area contributed by atoms with Crippen molar-refractivity contribution in [1.29, 1.82) is 0 Å². The lowest BCUT2D eigenvalue weighted by Gasteiger charge is -2.15. The van der Waals surface area contributed by atoms with Crippen molar-refractivity contribution in [3.05, 3.63) is 64.6 Å². The summed E-state index contributed by atoms with van der Waals surface area (Å²) in [6.07, 6.45) is 0. The standard InChI is InChI=1S/C17H12BCl2NO3S/c19-13-9-8-12(18(22)23)15(20)16(13)21-17(25)24-14-7-3-5-10-4-1-2-6-11(10)14/h1-9,22-23H,(H,21,25). The molecular formula is C17H12BCl2NO3S. The summed E-state index contributed by atoms with van der Waals surface area (Å²) < 4.78 is 5.72. The van der Waals surface area contributed by atoms with Gasteiger partial charge < -0.3 is 20.1 Å². The summed E-state index contributed by atoms with van der Waals surface area (Å²) in [5.74, 6) is 0.584. The summed E-state index contributed by atoms with van der Waals surface area (Å²) >= 11 is 17.5. The van der Waals surface area contributed by atoms with Crippen LogP contribution in [-0.2, 0) is 0 Å². The van der Waals surface area contributed by atoms with Gasteiger partial charge in [0.05, 0.1) is 15.7 Å². The molecule has 0 fully saturated rings. The second-order valence-electron chi connectivity index (χ2n) is 5.19. The molecule has 0 radical (unpaired) electrons. The Morgan fingerprint density at radius 1 is 1.00 bits per heavy atom. The molecule has 3 rings (SSSR count). The average Bonchev–Trinajstić information content (AvgIpc) is 2.58. The first-order valence-corrected chi connectivity index (χ1v) is 8.44. The van der Waals surface area contributed by atoms with E-state index in [1.165, 1.54) is 12.1 Å². The summed E-state index contributed by atoms with van der Waals surface area (Å²) in [5, 5.41) is 23.8. The van der Waals surface area contributed by atoms with Gasteiger partial charge in [-0.25, -0.2) is 0 Å². The van der Waals surface area contributed by atoms with Gasteiger partial charge in [-0.1, -0.05) is 65.7 Å². The molecule has 3 aromatic rings. The lowest BCUT2D eigenvalue weighted by Crippen LogP contribution is -2.31. The number of benzene rings is 3. The zero-order chi connectivity index (χ0) is 18.0. The van der Waals surface area contributed by atoms with E-state index in [1.54, 1.807) is 6.07 Å². The van der Waals surface area contributed by atoms with Crippen LogP contribution in [0.2, 0.25) is 10.0 Å². The lowest BCUT2D eigenvalue weighted by atomic mass is 9.80. The SMILES string of the molecule is OB(O)c1ccc(Cl)c(NC(=S)Oc2cccc3ccccc23)c1Cl. The quantitative estimate of drug-likeness (QED) is 0.470. The van der Waals surface area contributed by atoms with Gasteiger partial charge in [-0.3, -0.25) is 0 Å². The first-order valence-electron chi connectivity index (χ1n) is 7.28. The molecule has 0 spiro atoms. The highest BCUT2D eigenvalue weighted by Gasteiger charge is 2.20. The van der Waals surface area contributed by atoms with E-state index in [9.17, 15) is 10.0 Å². The minimum Gasteiger partial charge on any atom is -0.431 e. The number of rotatable bonds is 3. The van der Waals surface area contributed by atoms with Crippen LogP contribution >= 0.6 is 35.4 Å². The zero-order valence-corrected chi connectivity index (χ0v) is 15.1. The van der Waals surface area contributed by atoms with Crippen molar-refractivity contribution < 1.29 is 14.8 Å². The van der Waals surface area contributed by atoms with E-state index in [-0.39, 0.29) is 26.4 Å². The maximum atomic E-state index is 9.34. The highest BCUT2D eigenvalue weighted by atomic mass is 35.5. The lowest BCUT2D eigenvalue weighted by molar-refractivity contribution is 0.426. The normalized spacial score (nSPS) is 10.6. The molecule has 0 amide bonds. The first-order chi connectivity index (χ1) is 12.0. The Balaban J connectivity index is 1.87. The maximum Gasteiger partial charge on any atom is 0.490 e. The number of fused-ring (bicyclic) bond motifs is 1. The molecule has 0 aliphatic rings. The van der Waals surface area contributed by atoms with Gasteiger partial charge in [0.15, 0.2) is 0 Å². The van der Waals surface area contributed by atoms with E-state index in [2.05, 4.69) is 5.32 Å². The number of thiocarbonyl (C=S) groups is 1. The van der Waals surface area contributed by atoms with Crippen LogP contribution in [0.4, 0.5) is 5.69 Å². The summed E-state index contributed by atoms with van der Waals surface area (Å²) in [6.45, 7) is 0. The third-order valence-corrected chi connectivity index (χ3v) is 4.49. The molecule has 0 unspecified atom stereocenters. The Labute approximate surface area is 160 Å². The van der Waals surface area contributed by atoms with Crippen LogP contribution in [0.25, 0.3) is 10.8 Å². The maximum absolute atomic E-state index is 9.34. The second kappa shape index (κ2) is 7.60. The first kappa shape index (κ1) is 18.0. The smallest absolute Gasteiger partial charge is 0.431 e. The van der Waals surface area contributed by atoms with Crippen LogP contribution in [-0.4, -0.2) is 22.3 Å². The molecule has 0 saturated heterocycles. The fourth-order valence-electron chi connectivity index (χ4n) is 2.39.